The van der Waals surface area contributed by atoms with Crippen LogP contribution in [-0.4, -0.2) is 15.0 Å². The molecule has 0 amide bonds. The molecular weight excluding hydrogens is 679 g/mol. The van der Waals surface area contributed by atoms with Crippen molar-refractivity contribution in [3.8, 4) is 56.4 Å². The molecule has 0 spiro atoms. The minimum Gasteiger partial charge on any atom is -0.208 e. The highest BCUT2D eigenvalue weighted by molar-refractivity contribution is 6.05. The molecule has 56 heavy (non-hydrogen) atoms. The Labute approximate surface area is 328 Å². The van der Waals surface area contributed by atoms with Crippen molar-refractivity contribution < 1.29 is 0 Å². The lowest BCUT2D eigenvalue weighted by molar-refractivity contribution is 1.07. The first-order valence-corrected chi connectivity index (χ1v) is 18.7. The Morgan fingerprint density at radius 2 is 0.679 bits per heavy atom. The first-order valence-electron chi connectivity index (χ1n) is 18.7. The van der Waals surface area contributed by atoms with Crippen molar-refractivity contribution in [3.05, 3.63) is 247 Å². The molecule has 9 aromatic rings. The lowest BCUT2D eigenvalue weighted by atomic mass is 9.85. The molecule has 262 valence electrons. The van der Waals surface area contributed by atoms with Crippen molar-refractivity contribution >= 4 is 11.1 Å². The van der Waals surface area contributed by atoms with E-state index in [1.165, 1.54) is 22.3 Å². The van der Waals surface area contributed by atoms with Gasteiger partial charge in [0.1, 0.15) is 0 Å². The van der Waals surface area contributed by atoms with Gasteiger partial charge in [-0.3, -0.25) is 0 Å². The maximum atomic E-state index is 4.93. The number of aromatic nitrogens is 3. The van der Waals surface area contributed by atoms with Gasteiger partial charge in [-0.05, 0) is 79.9 Å². The molecule has 0 N–H and O–H groups in total. The van der Waals surface area contributed by atoms with E-state index in [-0.39, 0.29) is 0 Å². The van der Waals surface area contributed by atoms with Gasteiger partial charge in [-0.1, -0.05) is 200 Å². The monoisotopic (exact) mass is 713 g/mol. The molecular formula is C53H35N3. The molecule has 0 aliphatic heterocycles. The van der Waals surface area contributed by atoms with Crippen LogP contribution in [0.2, 0.25) is 0 Å². The molecule has 3 heteroatoms. The Balaban J connectivity index is 1.13. The van der Waals surface area contributed by atoms with Gasteiger partial charge in [0.2, 0.25) is 0 Å². The zero-order valence-electron chi connectivity index (χ0n) is 30.5. The molecule has 0 saturated carbocycles. The third-order valence-corrected chi connectivity index (χ3v) is 9.79. The van der Waals surface area contributed by atoms with E-state index in [9.17, 15) is 0 Å². The van der Waals surface area contributed by atoms with Crippen LogP contribution in [0.3, 0.4) is 0 Å². The Bertz CT molecular complexity index is 2660. The Kier molecular flexibility index (Phi) is 9.59. The summed E-state index contributed by atoms with van der Waals surface area (Å²) in [6, 6.07) is 80.3. The van der Waals surface area contributed by atoms with Crippen molar-refractivity contribution in [3.63, 3.8) is 0 Å². The zero-order chi connectivity index (χ0) is 37.5. The fourth-order valence-corrected chi connectivity index (χ4v) is 7.10. The van der Waals surface area contributed by atoms with Gasteiger partial charge >= 0.3 is 0 Å². The maximum Gasteiger partial charge on any atom is 0.172 e. The molecule has 0 aliphatic rings. The van der Waals surface area contributed by atoms with E-state index in [0.717, 1.165) is 50.1 Å². The first-order chi connectivity index (χ1) is 27.8. The highest BCUT2D eigenvalue weighted by Crippen LogP contribution is 2.38. The normalized spacial score (nSPS) is 10.7. The summed E-state index contributed by atoms with van der Waals surface area (Å²) >= 11 is 0. The summed E-state index contributed by atoms with van der Waals surface area (Å²) in [6.45, 7) is 0. The van der Waals surface area contributed by atoms with Crippen molar-refractivity contribution in [1.82, 2.24) is 15.0 Å². The molecule has 1 aromatic heterocycles. The molecule has 3 nitrogen and oxygen atoms in total. The van der Waals surface area contributed by atoms with E-state index >= 15 is 0 Å². The van der Waals surface area contributed by atoms with Crippen LogP contribution in [-0.2, 0) is 0 Å². The minimum absolute atomic E-state index is 0.549. The quantitative estimate of drug-likeness (QED) is 0.140. The Hall–Kier alpha value is -7.67. The van der Waals surface area contributed by atoms with Gasteiger partial charge in [-0.25, -0.2) is 15.0 Å². The van der Waals surface area contributed by atoms with Crippen molar-refractivity contribution in [1.29, 1.82) is 0 Å². The number of rotatable bonds is 9. The molecule has 0 radical (unpaired) electrons. The van der Waals surface area contributed by atoms with E-state index in [1.807, 2.05) is 66.7 Å². The summed E-state index contributed by atoms with van der Waals surface area (Å²) in [5.74, 6) is 1.77. The number of benzene rings is 7. The van der Waals surface area contributed by atoms with Crippen LogP contribution in [0.5, 0.6) is 0 Å². The molecule has 0 bridgehead atoms. The van der Waals surface area contributed by atoms with Crippen LogP contribution in [0.1, 0.15) is 22.3 Å². The lowest BCUT2D eigenvalue weighted by Gasteiger charge is -2.19. The number of hydrogen-bond acceptors (Lipinski definition) is 3. The second-order valence-corrected chi connectivity index (χ2v) is 13.5. The Morgan fingerprint density at radius 3 is 1.20 bits per heavy atom. The molecule has 1 heterocycles. The predicted octanol–water partition coefficient (Wildman–Crippen LogP) is 12.8. The topological polar surface area (TPSA) is 38.7 Å². The van der Waals surface area contributed by atoms with Crippen LogP contribution in [0.4, 0.5) is 0 Å². The minimum atomic E-state index is 0.549. The molecule has 0 fully saturated rings. The van der Waals surface area contributed by atoms with Crippen molar-refractivity contribution in [2.24, 2.45) is 0 Å². The number of nitrogens with zero attached hydrogens (tertiary/aromatic N) is 3. The third-order valence-electron chi connectivity index (χ3n) is 9.79. The molecule has 8 aromatic carbocycles. The smallest absolute Gasteiger partial charge is 0.172 e. The first kappa shape index (κ1) is 34.1. The van der Waals surface area contributed by atoms with Crippen LogP contribution in [0, 0.1) is 12.1 Å². The van der Waals surface area contributed by atoms with Crippen LogP contribution in [0.15, 0.2) is 212 Å². The van der Waals surface area contributed by atoms with E-state index in [4.69, 9.17) is 15.0 Å². The van der Waals surface area contributed by atoms with E-state index in [1.54, 1.807) is 0 Å². The Morgan fingerprint density at radius 1 is 0.304 bits per heavy atom. The zero-order valence-corrected chi connectivity index (χ0v) is 30.5. The van der Waals surface area contributed by atoms with E-state index in [0.29, 0.717) is 17.5 Å². The molecule has 9 rings (SSSR count). The summed E-state index contributed by atoms with van der Waals surface area (Å²) in [5, 5.41) is 0. The average Bonchev–Trinajstić information content (AvgIpc) is 3.29. The molecule has 0 aliphatic carbocycles. The SMILES string of the molecule is c1cc(-c2cccc(-c3cccc(C(=C(c4ccccc4)c4ccccc4)c4ccccc4)c3)c2)cc(-c2nc(-c3ccccc3)nc(-c3ccccc3)n2)c#1. The summed E-state index contributed by atoms with van der Waals surface area (Å²) in [5.41, 5.74) is 13.9. The summed E-state index contributed by atoms with van der Waals surface area (Å²) < 4.78 is 0. The second-order valence-electron chi connectivity index (χ2n) is 13.5. The second kappa shape index (κ2) is 15.7. The fraction of sp³-hybridized carbons (Fsp3) is 0. The highest BCUT2D eigenvalue weighted by Gasteiger charge is 2.17. The van der Waals surface area contributed by atoms with Crippen LogP contribution in [0.25, 0.3) is 67.6 Å². The summed E-state index contributed by atoms with van der Waals surface area (Å²) in [6.07, 6.45) is 0. The predicted molar refractivity (Wildman–Crippen MR) is 229 cm³/mol. The third kappa shape index (κ3) is 7.28. The van der Waals surface area contributed by atoms with E-state index < -0.39 is 0 Å². The van der Waals surface area contributed by atoms with Gasteiger partial charge in [-0.15, -0.1) is 0 Å². The molecule has 0 saturated heterocycles. The molecule has 0 unspecified atom stereocenters. The van der Waals surface area contributed by atoms with Gasteiger partial charge in [0, 0.05) is 11.1 Å². The standard InChI is InChI=1S/C53H35N3/c1-6-19-38(20-7-1)49(39-21-8-2-9-22-39)50(40-23-10-3-11-24-40)47-33-17-31-45(36-47)43-29-16-30-44(35-43)46-32-18-34-48(37-46)53-55-51(41-25-12-4-13-26-41)54-52(56-53)42-27-14-5-15-28-42/h1-17,19-33,35-37H. The summed E-state index contributed by atoms with van der Waals surface area (Å²) in [7, 11) is 0. The summed E-state index contributed by atoms with van der Waals surface area (Å²) in [4.78, 5) is 14.7. The van der Waals surface area contributed by atoms with Crippen LogP contribution < -0.4 is 0 Å². The average molecular weight is 714 g/mol. The largest absolute Gasteiger partial charge is 0.208 e. The van der Waals surface area contributed by atoms with Gasteiger partial charge in [0.15, 0.2) is 17.5 Å². The highest BCUT2D eigenvalue weighted by atomic mass is 15.0. The number of hydrogen-bond donors (Lipinski definition) is 0. The van der Waals surface area contributed by atoms with Gasteiger partial charge in [-0.2, -0.15) is 0 Å². The van der Waals surface area contributed by atoms with Crippen molar-refractivity contribution in [2.45, 2.75) is 0 Å². The fourth-order valence-electron chi connectivity index (χ4n) is 7.10. The van der Waals surface area contributed by atoms with Gasteiger partial charge in [0.05, 0.1) is 5.56 Å². The molecule has 0 atom stereocenters. The maximum absolute atomic E-state index is 4.93. The van der Waals surface area contributed by atoms with Crippen molar-refractivity contribution in [2.75, 3.05) is 0 Å². The van der Waals surface area contributed by atoms with Crippen LogP contribution >= 0.6 is 0 Å². The van der Waals surface area contributed by atoms with Gasteiger partial charge in [0.25, 0.3) is 0 Å². The lowest BCUT2D eigenvalue weighted by Crippen LogP contribution is -2.00. The van der Waals surface area contributed by atoms with Gasteiger partial charge < -0.3 is 0 Å². The van der Waals surface area contributed by atoms with E-state index in [2.05, 4.69) is 158 Å².